The minimum Gasteiger partial charge on any atom is -0.497 e. The van der Waals surface area contributed by atoms with Crippen LogP contribution in [0.15, 0.2) is 72.3 Å². The van der Waals surface area contributed by atoms with Gasteiger partial charge >= 0.3 is 6.03 Å². The molecule has 1 aliphatic rings. The van der Waals surface area contributed by atoms with Crippen molar-refractivity contribution in [2.24, 2.45) is 0 Å². The fourth-order valence-electron chi connectivity index (χ4n) is 4.12. The summed E-state index contributed by atoms with van der Waals surface area (Å²) in [4.78, 5) is 39.1. The normalized spacial score (nSPS) is 15.1. The summed E-state index contributed by atoms with van der Waals surface area (Å²) in [6.07, 6.45) is 2.48. The highest BCUT2D eigenvalue weighted by Crippen LogP contribution is 2.30. The van der Waals surface area contributed by atoms with Crippen molar-refractivity contribution >= 4 is 29.6 Å². The van der Waals surface area contributed by atoms with E-state index in [1.165, 1.54) is 25.9 Å². The van der Waals surface area contributed by atoms with Crippen molar-refractivity contribution in [2.75, 3.05) is 32.3 Å². The van der Waals surface area contributed by atoms with E-state index in [1.54, 1.807) is 42.5 Å². The summed E-state index contributed by atoms with van der Waals surface area (Å²) >= 11 is 0. The molecule has 0 aromatic heterocycles. The second-order valence-electron chi connectivity index (χ2n) is 9.14. The second-order valence-corrected chi connectivity index (χ2v) is 9.14. The third-order valence-corrected chi connectivity index (χ3v) is 6.60. The molecule has 1 aliphatic heterocycles. The van der Waals surface area contributed by atoms with E-state index in [0.29, 0.717) is 41.0 Å². The lowest BCUT2D eigenvalue weighted by atomic mass is 9.99. The number of urea groups is 1. The minimum absolute atomic E-state index is 0.195. The van der Waals surface area contributed by atoms with E-state index >= 15 is 0 Å². The Kier molecular flexibility index (Phi) is 9.06. The Balaban J connectivity index is 1.42. The van der Waals surface area contributed by atoms with Crippen LogP contribution in [0.1, 0.15) is 37.3 Å². The quantitative estimate of drug-likeness (QED) is 0.197. The monoisotopic (exact) mass is 544 g/mol. The molecule has 9 heteroatoms. The molecule has 1 saturated heterocycles. The molecule has 4 amide bonds. The molecule has 0 aliphatic carbocycles. The van der Waals surface area contributed by atoms with E-state index in [-0.39, 0.29) is 12.2 Å². The van der Waals surface area contributed by atoms with E-state index in [1.807, 2.05) is 12.1 Å². The van der Waals surface area contributed by atoms with Crippen LogP contribution in [0.2, 0.25) is 0 Å². The molecule has 40 heavy (non-hydrogen) atoms. The first-order valence-electron chi connectivity index (χ1n) is 12.9. The molecule has 0 saturated carbocycles. The van der Waals surface area contributed by atoms with Crippen LogP contribution in [0.4, 0.5) is 10.5 Å². The van der Waals surface area contributed by atoms with Gasteiger partial charge in [-0.2, -0.15) is 0 Å². The van der Waals surface area contributed by atoms with Gasteiger partial charge in [-0.1, -0.05) is 32.0 Å². The predicted molar refractivity (Wildman–Crippen MR) is 151 cm³/mol. The van der Waals surface area contributed by atoms with Crippen molar-refractivity contribution in [3.8, 4) is 23.0 Å². The van der Waals surface area contributed by atoms with Gasteiger partial charge in [-0.25, -0.2) is 9.69 Å². The summed E-state index contributed by atoms with van der Waals surface area (Å²) < 4.78 is 22.2. The van der Waals surface area contributed by atoms with Crippen LogP contribution in [0.25, 0.3) is 6.08 Å². The third kappa shape index (κ3) is 6.43. The number of hydrogen-bond donors (Lipinski definition) is 1. The van der Waals surface area contributed by atoms with Crippen molar-refractivity contribution in [3.63, 3.8) is 0 Å². The van der Waals surface area contributed by atoms with Crippen LogP contribution in [0.3, 0.4) is 0 Å². The molecule has 208 valence electrons. The fourth-order valence-corrected chi connectivity index (χ4v) is 4.12. The molecule has 3 aromatic carbocycles. The van der Waals surface area contributed by atoms with Crippen LogP contribution >= 0.6 is 0 Å². The molecule has 3 aromatic rings. The highest BCUT2D eigenvalue weighted by Gasteiger charge is 2.36. The van der Waals surface area contributed by atoms with Crippen molar-refractivity contribution in [1.29, 1.82) is 0 Å². The Morgan fingerprint density at radius 1 is 0.825 bits per heavy atom. The van der Waals surface area contributed by atoms with Crippen molar-refractivity contribution in [1.82, 2.24) is 5.32 Å². The maximum Gasteiger partial charge on any atom is 0.335 e. The summed E-state index contributed by atoms with van der Waals surface area (Å²) in [7, 11) is 3.01. The summed E-state index contributed by atoms with van der Waals surface area (Å²) in [5.41, 5.74) is 1.90. The van der Waals surface area contributed by atoms with E-state index in [9.17, 15) is 14.4 Å². The molecule has 0 spiro atoms. The lowest BCUT2D eigenvalue weighted by Crippen LogP contribution is -2.54. The standard InChI is InChI=1S/C31H32N2O7/c1-5-20(2)22-7-11-25(12-8-22)39-16-17-40-27-15-6-21(19-28(27)38-4)18-26-29(34)32-31(36)33(30(26)35)23-9-13-24(37-3)14-10-23/h6-15,18-20H,5,16-17H2,1-4H3,(H,32,34,36). The fraction of sp³-hybridized carbons (Fsp3) is 0.258. The van der Waals surface area contributed by atoms with Gasteiger partial charge in [-0.05, 0) is 78.1 Å². The number of methoxy groups -OCH3 is 2. The van der Waals surface area contributed by atoms with Crippen LogP contribution in [0, 0.1) is 0 Å². The Morgan fingerprint density at radius 2 is 1.50 bits per heavy atom. The maximum absolute atomic E-state index is 13.2. The van der Waals surface area contributed by atoms with Crippen molar-refractivity contribution < 1.29 is 33.3 Å². The maximum atomic E-state index is 13.2. The molecular formula is C31H32N2O7. The molecule has 1 N–H and O–H groups in total. The largest absolute Gasteiger partial charge is 0.497 e. The van der Waals surface area contributed by atoms with E-state index in [0.717, 1.165) is 17.1 Å². The Morgan fingerprint density at radius 3 is 2.15 bits per heavy atom. The van der Waals surface area contributed by atoms with Gasteiger partial charge in [0.25, 0.3) is 11.8 Å². The molecule has 0 radical (unpaired) electrons. The number of imide groups is 2. The third-order valence-electron chi connectivity index (χ3n) is 6.60. The first kappa shape index (κ1) is 28.2. The van der Waals surface area contributed by atoms with Crippen LogP contribution < -0.4 is 29.2 Å². The molecule has 1 fully saturated rings. The lowest BCUT2D eigenvalue weighted by Gasteiger charge is -2.26. The zero-order valence-electron chi connectivity index (χ0n) is 22.9. The molecule has 4 rings (SSSR count). The molecule has 1 heterocycles. The molecule has 1 atom stereocenters. The average molecular weight is 545 g/mol. The predicted octanol–water partition coefficient (Wildman–Crippen LogP) is 5.34. The first-order valence-corrected chi connectivity index (χ1v) is 12.9. The first-order chi connectivity index (χ1) is 19.3. The SMILES string of the molecule is CCC(C)c1ccc(OCCOc2ccc(C=C3C(=O)NC(=O)N(c4ccc(OC)cc4)C3=O)cc2OC)cc1. The van der Waals surface area contributed by atoms with Crippen molar-refractivity contribution in [2.45, 2.75) is 26.2 Å². The highest BCUT2D eigenvalue weighted by atomic mass is 16.5. The molecule has 1 unspecified atom stereocenters. The summed E-state index contributed by atoms with van der Waals surface area (Å²) in [5, 5.41) is 2.21. The summed E-state index contributed by atoms with van der Waals surface area (Å²) in [5.74, 6) is 1.21. The Bertz CT molecular complexity index is 1400. The molecule has 9 nitrogen and oxygen atoms in total. The number of benzene rings is 3. The van der Waals surface area contributed by atoms with Gasteiger partial charge in [0.2, 0.25) is 0 Å². The van der Waals surface area contributed by atoms with Gasteiger partial charge in [0.1, 0.15) is 30.3 Å². The van der Waals surface area contributed by atoms with E-state index < -0.39 is 17.8 Å². The number of rotatable bonds is 11. The number of nitrogens with one attached hydrogen (secondary N) is 1. The number of ether oxygens (including phenoxy) is 4. The zero-order chi connectivity index (χ0) is 28.6. The smallest absolute Gasteiger partial charge is 0.335 e. The molecular weight excluding hydrogens is 512 g/mol. The summed E-state index contributed by atoms with van der Waals surface area (Å²) in [6.45, 7) is 4.97. The average Bonchev–Trinajstić information content (AvgIpc) is 2.98. The Labute approximate surface area is 233 Å². The van der Waals surface area contributed by atoms with Crippen LogP contribution in [0.5, 0.6) is 23.0 Å². The number of carbonyl (C=O) groups excluding carboxylic acids is 3. The topological polar surface area (TPSA) is 103 Å². The van der Waals surface area contributed by atoms with Gasteiger partial charge < -0.3 is 18.9 Å². The Hall–Kier alpha value is -4.79. The van der Waals surface area contributed by atoms with E-state index in [2.05, 4.69) is 31.3 Å². The number of carbonyl (C=O) groups is 3. The van der Waals surface area contributed by atoms with Crippen LogP contribution in [-0.2, 0) is 9.59 Å². The van der Waals surface area contributed by atoms with Gasteiger partial charge in [-0.3, -0.25) is 14.9 Å². The zero-order valence-corrected chi connectivity index (χ0v) is 22.9. The summed E-state index contributed by atoms with van der Waals surface area (Å²) in [6, 6.07) is 18.6. The van der Waals surface area contributed by atoms with Gasteiger partial charge in [0, 0.05) is 0 Å². The van der Waals surface area contributed by atoms with Crippen molar-refractivity contribution in [3.05, 3.63) is 83.4 Å². The second kappa shape index (κ2) is 12.8. The molecule has 0 bridgehead atoms. The number of nitrogens with zero attached hydrogens (tertiary/aromatic N) is 1. The number of hydrogen-bond acceptors (Lipinski definition) is 7. The van der Waals surface area contributed by atoms with Gasteiger partial charge in [-0.15, -0.1) is 0 Å². The van der Waals surface area contributed by atoms with Gasteiger partial charge in [0.05, 0.1) is 19.9 Å². The number of amides is 4. The van der Waals surface area contributed by atoms with Gasteiger partial charge in [0.15, 0.2) is 11.5 Å². The number of anilines is 1. The minimum atomic E-state index is -0.827. The van der Waals surface area contributed by atoms with Crippen LogP contribution in [-0.4, -0.2) is 45.3 Å². The van der Waals surface area contributed by atoms with E-state index in [4.69, 9.17) is 18.9 Å². The lowest BCUT2D eigenvalue weighted by molar-refractivity contribution is -0.122. The highest BCUT2D eigenvalue weighted by molar-refractivity contribution is 6.39. The number of barbiturate groups is 1.